The van der Waals surface area contributed by atoms with Gasteiger partial charge in [-0.2, -0.15) is 0 Å². The summed E-state index contributed by atoms with van der Waals surface area (Å²) in [5.74, 6) is 0.632. The second-order valence-corrected chi connectivity index (χ2v) is 4.51. The molecule has 0 radical (unpaired) electrons. The summed E-state index contributed by atoms with van der Waals surface area (Å²) in [6.45, 7) is 4.26. The van der Waals surface area contributed by atoms with E-state index in [0.717, 1.165) is 23.1 Å². The van der Waals surface area contributed by atoms with E-state index >= 15 is 0 Å². The zero-order valence-electron chi connectivity index (χ0n) is 10.7. The molecule has 2 N–H and O–H groups in total. The molecule has 1 unspecified atom stereocenters. The van der Waals surface area contributed by atoms with Gasteiger partial charge in [0, 0.05) is 11.8 Å². The summed E-state index contributed by atoms with van der Waals surface area (Å²) in [6, 6.07) is 8.54. The van der Waals surface area contributed by atoms with Gasteiger partial charge in [0.05, 0.1) is 0 Å². The number of pyridine rings is 1. The summed E-state index contributed by atoms with van der Waals surface area (Å²) in [5, 5.41) is 0. The molecule has 0 fully saturated rings. The number of nitrogens with zero attached hydrogens (tertiary/aromatic N) is 1. The first kappa shape index (κ1) is 12.6. The topological polar surface area (TPSA) is 38.9 Å². The van der Waals surface area contributed by atoms with E-state index in [9.17, 15) is 4.39 Å². The Morgan fingerprint density at radius 2 is 2.06 bits per heavy atom. The lowest BCUT2D eigenvalue weighted by Crippen LogP contribution is -1.97. The van der Waals surface area contributed by atoms with Crippen LogP contribution in [-0.4, -0.2) is 4.98 Å². The number of aromatic nitrogens is 1. The summed E-state index contributed by atoms with van der Waals surface area (Å²) in [5.41, 5.74) is 8.52. The van der Waals surface area contributed by atoms with Gasteiger partial charge in [0.2, 0.25) is 0 Å². The molecule has 1 aromatic heterocycles. The van der Waals surface area contributed by atoms with E-state index in [4.69, 9.17) is 5.73 Å². The molecule has 2 nitrogen and oxygen atoms in total. The Hall–Kier alpha value is -1.90. The van der Waals surface area contributed by atoms with Crippen molar-refractivity contribution in [2.24, 2.45) is 0 Å². The molecule has 0 aliphatic carbocycles. The molecule has 0 amide bonds. The van der Waals surface area contributed by atoms with Crippen LogP contribution in [0.4, 0.5) is 10.2 Å². The highest BCUT2D eigenvalue weighted by atomic mass is 19.1. The van der Waals surface area contributed by atoms with E-state index < -0.39 is 0 Å². The highest BCUT2D eigenvalue weighted by molar-refractivity contribution is 5.68. The second-order valence-electron chi connectivity index (χ2n) is 4.51. The SMILES string of the molecule is CCC(C)c1ccc(F)cc1-c1ccc(N)nc1. The van der Waals surface area contributed by atoms with Crippen LogP contribution in [0, 0.1) is 5.82 Å². The predicted molar refractivity (Wildman–Crippen MR) is 72.7 cm³/mol. The minimum absolute atomic E-state index is 0.228. The molecule has 2 rings (SSSR count). The van der Waals surface area contributed by atoms with E-state index in [1.165, 1.54) is 6.07 Å². The van der Waals surface area contributed by atoms with Crippen molar-refractivity contribution in [2.75, 3.05) is 5.73 Å². The molecule has 0 saturated carbocycles. The van der Waals surface area contributed by atoms with Crippen molar-refractivity contribution in [2.45, 2.75) is 26.2 Å². The second kappa shape index (κ2) is 5.17. The molecule has 94 valence electrons. The Labute approximate surface area is 107 Å². The fraction of sp³-hybridized carbons (Fsp3) is 0.267. The van der Waals surface area contributed by atoms with Gasteiger partial charge in [-0.1, -0.05) is 19.9 Å². The van der Waals surface area contributed by atoms with Gasteiger partial charge in [-0.05, 0) is 47.7 Å². The predicted octanol–water partition coefficient (Wildman–Crippen LogP) is 3.98. The maximum Gasteiger partial charge on any atom is 0.123 e. The van der Waals surface area contributed by atoms with Gasteiger partial charge in [0.1, 0.15) is 11.6 Å². The molecule has 0 aliphatic heterocycles. The van der Waals surface area contributed by atoms with Crippen LogP contribution in [-0.2, 0) is 0 Å². The Balaban J connectivity index is 2.54. The molecule has 3 heteroatoms. The Morgan fingerprint density at radius 3 is 2.67 bits per heavy atom. The summed E-state index contributed by atoms with van der Waals surface area (Å²) >= 11 is 0. The number of hydrogen-bond donors (Lipinski definition) is 1. The maximum atomic E-state index is 13.4. The molecular formula is C15H17FN2. The largest absolute Gasteiger partial charge is 0.384 e. The molecule has 0 saturated heterocycles. The Morgan fingerprint density at radius 1 is 1.28 bits per heavy atom. The first-order valence-electron chi connectivity index (χ1n) is 6.13. The van der Waals surface area contributed by atoms with Gasteiger partial charge >= 0.3 is 0 Å². The number of hydrogen-bond acceptors (Lipinski definition) is 2. The zero-order chi connectivity index (χ0) is 13.1. The van der Waals surface area contributed by atoms with Crippen molar-refractivity contribution in [3.63, 3.8) is 0 Å². The maximum absolute atomic E-state index is 13.4. The Bertz CT molecular complexity index is 535. The van der Waals surface area contributed by atoms with Crippen molar-refractivity contribution in [3.05, 3.63) is 47.9 Å². The highest BCUT2D eigenvalue weighted by Crippen LogP contribution is 2.31. The van der Waals surface area contributed by atoms with E-state index in [1.54, 1.807) is 18.3 Å². The molecule has 0 spiro atoms. The van der Waals surface area contributed by atoms with Crippen molar-refractivity contribution >= 4 is 5.82 Å². The number of halogens is 1. The third kappa shape index (κ3) is 2.50. The van der Waals surface area contributed by atoms with Crippen LogP contribution in [0.5, 0.6) is 0 Å². The average Bonchev–Trinajstić information content (AvgIpc) is 2.38. The van der Waals surface area contributed by atoms with Gasteiger partial charge in [0.25, 0.3) is 0 Å². The number of rotatable bonds is 3. The standard InChI is InChI=1S/C15H17FN2/c1-3-10(2)13-6-5-12(16)8-14(13)11-4-7-15(17)18-9-11/h4-10H,3H2,1-2H3,(H2,17,18). The van der Waals surface area contributed by atoms with Gasteiger partial charge in [-0.3, -0.25) is 0 Å². The molecule has 1 aromatic carbocycles. The molecule has 0 aliphatic rings. The monoisotopic (exact) mass is 244 g/mol. The molecule has 1 atom stereocenters. The van der Waals surface area contributed by atoms with Gasteiger partial charge in [-0.25, -0.2) is 9.37 Å². The highest BCUT2D eigenvalue weighted by Gasteiger charge is 2.12. The third-order valence-electron chi connectivity index (χ3n) is 3.26. The first-order valence-corrected chi connectivity index (χ1v) is 6.13. The van der Waals surface area contributed by atoms with Crippen LogP contribution in [0.2, 0.25) is 0 Å². The molecule has 0 bridgehead atoms. The fourth-order valence-corrected chi connectivity index (χ4v) is 1.99. The van der Waals surface area contributed by atoms with Crippen molar-refractivity contribution in [1.82, 2.24) is 4.98 Å². The van der Waals surface area contributed by atoms with Gasteiger partial charge < -0.3 is 5.73 Å². The minimum atomic E-state index is -0.228. The number of nitrogen functional groups attached to an aromatic ring is 1. The van der Waals surface area contributed by atoms with Gasteiger partial charge in [-0.15, -0.1) is 0 Å². The van der Waals surface area contributed by atoms with Crippen LogP contribution < -0.4 is 5.73 Å². The fourth-order valence-electron chi connectivity index (χ4n) is 1.99. The lowest BCUT2D eigenvalue weighted by atomic mass is 9.90. The van der Waals surface area contributed by atoms with Gasteiger partial charge in [0.15, 0.2) is 0 Å². The normalized spacial score (nSPS) is 12.4. The van der Waals surface area contributed by atoms with E-state index in [1.807, 2.05) is 12.1 Å². The lowest BCUT2D eigenvalue weighted by Gasteiger charge is -2.15. The van der Waals surface area contributed by atoms with Crippen LogP contribution in [0.25, 0.3) is 11.1 Å². The quantitative estimate of drug-likeness (QED) is 0.886. The van der Waals surface area contributed by atoms with Crippen LogP contribution >= 0.6 is 0 Å². The summed E-state index contributed by atoms with van der Waals surface area (Å²) in [7, 11) is 0. The van der Waals surface area contributed by atoms with Crippen LogP contribution in [0.1, 0.15) is 31.7 Å². The zero-order valence-corrected chi connectivity index (χ0v) is 10.7. The minimum Gasteiger partial charge on any atom is -0.384 e. The average molecular weight is 244 g/mol. The van der Waals surface area contributed by atoms with Crippen LogP contribution in [0.3, 0.4) is 0 Å². The van der Waals surface area contributed by atoms with E-state index in [0.29, 0.717) is 11.7 Å². The van der Waals surface area contributed by atoms with Crippen LogP contribution in [0.15, 0.2) is 36.5 Å². The van der Waals surface area contributed by atoms with E-state index in [2.05, 4.69) is 18.8 Å². The Kier molecular flexibility index (Phi) is 3.60. The molecule has 18 heavy (non-hydrogen) atoms. The number of anilines is 1. The number of benzene rings is 1. The summed E-state index contributed by atoms with van der Waals surface area (Å²) in [6.07, 6.45) is 2.71. The molecular weight excluding hydrogens is 227 g/mol. The summed E-state index contributed by atoms with van der Waals surface area (Å²) in [4.78, 5) is 4.07. The van der Waals surface area contributed by atoms with E-state index in [-0.39, 0.29) is 5.82 Å². The summed E-state index contributed by atoms with van der Waals surface area (Å²) < 4.78 is 13.4. The van der Waals surface area contributed by atoms with Crippen molar-refractivity contribution in [3.8, 4) is 11.1 Å². The number of nitrogens with two attached hydrogens (primary N) is 1. The molecule has 1 heterocycles. The lowest BCUT2D eigenvalue weighted by molar-refractivity contribution is 0.625. The van der Waals surface area contributed by atoms with Crippen molar-refractivity contribution in [1.29, 1.82) is 0 Å². The first-order chi connectivity index (χ1) is 8.61. The molecule has 2 aromatic rings. The van der Waals surface area contributed by atoms with Crippen molar-refractivity contribution < 1.29 is 4.39 Å². The third-order valence-corrected chi connectivity index (χ3v) is 3.26. The smallest absolute Gasteiger partial charge is 0.123 e.